The topological polar surface area (TPSA) is 267 Å². The Balaban J connectivity index is 1.50. The number of aryl methyl sites for hydroxylation is 1. The molecule has 18 nitrogen and oxygen atoms in total. The highest BCUT2D eigenvalue weighted by molar-refractivity contribution is 6.24. The molecule has 1 heterocycles. The molecule has 0 spiro atoms. The van der Waals surface area contributed by atoms with Crippen LogP contribution < -0.4 is 21.8 Å². The number of aliphatic hydroxyl groups excluding tert-OH is 2. The van der Waals surface area contributed by atoms with Gasteiger partial charge in [0.1, 0.15) is 29.1 Å². The van der Waals surface area contributed by atoms with Gasteiger partial charge in [-0.3, -0.25) is 24.2 Å². The Morgan fingerprint density at radius 2 is 1.83 bits per heavy atom. The van der Waals surface area contributed by atoms with E-state index in [4.69, 9.17) is 19.3 Å². The molecular formula is C34H41N5O13. The van der Waals surface area contributed by atoms with Crippen molar-refractivity contribution >= 4 is 47.0 Å². The molecule has 1 saturated carbocycles. The van der Waals surface area contributed by atoms with E-state index in [1.807, 2.05) is 0 Å². The number of rotatable bonds is 11. The summed E-state index contributed by atoms with van der Waals surface area (Å²) in [6.45, 7) is 2.17. The van der Waals surface area contributed by atoms with Crippen molar-refractivity contribution in [3.63, 3.8) is 0 Å². The summed E-state index contributed by atoms with van der Waals surface area (Å²) >= 11 is 0. The third-order valence-corrected chi connectivity index (χ3v) is 9.79. The lowest BCUT2D eigenvalue weighted by Crippen LogP contribution is -2.65. The molecule has 0 saturated heterocycles. The van der Waals surface area contributed by atoms with E-state index in [0.29, 0.717) is 17.5 Å². The predicted molar refractivity (Wildman–Crippen MR) is 181 cm³/mol. The van der Waals surface area contributed by atoms with E-state index in [-0.39, 0.29) is 54.3 Å². The van der Waals surface area contributed by atoms with Crippen LogP contribution in [-0.4, -0.2) is 119 Å². The maximum absolute atomic E-state index is 14.2. The van der Waals surface area contributed by atoms with Crippen molar-refractivity contribution in [2.24, 2.45) is 17.6 Å². The van der Waals surface area contributed by atoms with Crippen LogP contribution in [0.25, 0.3) is 5.76 Å². The highest BCUT2D eigenvalue weighted by Crippen LogP contribution is 2.54. The molecule has 7 N–H and O–H groups in total. The Morgan fingerprint density at radius 1 is 1.15 bits per heavy atom. The fourth-order valence-corrected chi connectivity index (χ4v) is 7.48. The normalized spacial score (nSPS) is 23.1. The molecule has 0 radical (unpaired) electrons. The Kier molecular flexibility index (Phi) is 10.0. The fourth-order valence-electron chi connectivity index (χ4n) is 7.48. The number of fused-ring (bicyclic) bond motifs is 3. The summed E-state index contributed by atoms with van der Waals surface area (Å²) in [5.74, 6) is -8.47. The van der Waals surface area contributed by atoms with Gasteiger partial charge in [0, 0.05) is 43.9 Å². The quantitative estimate of drug-likeness (QED) is 0.105. The highest BCUT2D eigenvalue weighted by Gasteiger charge is 2.64. The van der Waals surface area contributed by atoms with E-state index in [1.165, 1.54) is 25.9 Å². The molecule has 1 fully saturated rings. The molecule has 3 unspecified atom stereocenters. The second kappa shape index (κ2) is 13.8. The number of primary amides is 1. The first-order chi connectivity index (χ1) is 24.3. The van der Waals surface area contributed by atoms with Crippen LogP contribution in [0.3, 0.4) is 0 Å². The molecule has 280 valence electrons. The van der Waals surface area contributed by atoms with Crippen molar-refractivity contribution in [2.45, 2.75) is 51.0 Å². The largest absolute Gasteiger partial charge is 0.519 e. The molecule has 5 atom stereocenters. The molecular weight excluding hydrogens is 686 g/mol. The first kappa shape index (κ1) is 37.6. The van der Waals surface area contributed by atoms with Gasteiger partial charge >= 0.3 is 11.9 Å². The van der Waals surface area contributed by atoms with Gasteiger partial charge in [-0.1, -0.05) is 0 Å². The average molecular weight is 728 g/mol. The number of amides is 2. The van der Waals surface area contributed by atoms with Gasteiger partial charge in [0.2, 0.25) is 5.78 Å². The number of aldehydes is 1. The summed E-state index contributed by atoms with van der Waals surface area (Å²) in [6.07, 6.45) is -0.405. The average Bonchev–Trinajstić information content (AvgIpc) is 3.38. The lowest BCUT2D eigenvalue weighted by Gasteiger charge is -2.50. The van der Waals surface area contributed by atoms with E-state index in [1.54, 1.807) is 32.0 Å². The number of nitrogens with one attached hydrogen (secondary N) is 1. The SMILES string of the molecule is Cc1oc(=O)oc1COC(=O)N(CC=O)CC(C)Nc1cc(N(C)C)c2c(c1O)C(O)=C1C(=O)[C@@]3(O)C(O)=C(C(N)=O)C(=O)[C@@H](N(C)C)C3CC1C2. The lowest BCUT2D eigenvalue weighted by atomic mass is 9.57. The molecule has 0 aliphatic heterocycles. The van der Waals surface area contributed by atoms with Gasteiger partial charge in [-0.2, -0.15) is 0 Å². The first-order valence-corrected chi connectivity index (χ1v) is 16.3. The number of carbonyl (C=O) groups is 5. The summed E-state index contributed by atoms with van der Waals surface area (Å²) in [7, 11) is 6.50. The molecule has 3 aliphatic rings. The number of benzene rings is 1. The molecule has 5 rings (SSSR count). The summed E-state index contributed by atoms with van der Waals surface area (Å²) in [6, 6.07) is -0.268. The van der Waals surface area contributed by atoms with Gasteiger partial charge in [0.05, 0.1) is 23.8 Å². The zero-order valence-corrected chi connectivity index (χ0v) is 29.4. The van der Waals surface area contributed by atoms with E-state index >= 15 is 0 Å². The number of aliphatic hydroxyl groups is 3. The number of ether oxygens (including phenoxy) is 1. The van der Waals surface area contributed by atoms with Crippen LogP contribution in [-0.2, 0) is 36.9 Å². The van der Waals surface area contributed by atoms with E-state index in [9.17, 15) is 49.2 Å². The third kappa shape index (κ3) is 6.17. The second-order valence-electron chi connectivity index (χ2n) is 13.6. The third-order valence-electron chi connectivity index (χ3n) is 9.79. The molecule has 2 aromatic rings. The Hall–Kier alpha value is -5.62. The Morgan fingerprint density at radius 3 is 2.38 bits per heavy atom. The van der Waals surface area contributed by atoms with Gasteiger partial charge in [-0.05, 0) is 58.3 Å². The van der Waals surface area contributed by atoms with Gasteiger partial charge < -0.3 is 54.7 Å². The molecule has 52 heavy (non-hydrogen) atoms. The predicted octanol–water partition coefficient (Wildman–Crippen LogP) is 0.523. The molecule has 2 amide bonds. The van der Waals surface area contributed by atoms with Crippen LogP contribution in [0.1, 0.15) is 36.0 Å². The molecule has 18 heteroatoms. The molecule has 1 aromatic carbocycles. The van der Waals surface area contributed by atoms with Crippen molar-refractivity contribution in [3.8, 4) is 5.75 Å². The van der Waals surface area contributed by atoms with Crippen molar-refractivity contribution in [1.82, 2.24) is 9.80 Å². The number of carbonyl (C=O) groups excluding carboxylic acids is 5. The minimum atomic E-state index is -2.78. The van der Waals surface area contributed by atoms with Gasteiger partial charge in [-0.25, -0.2) is 9.59 Å². The van der Waals surface area contributed by atoms with Crippen molar-refractivity contribution in [1.29, 1.82) is 0 Å². The number of Topliss-reactive ketones (excluding diaryl/α,β-unsaturated/α-hetero) is 2. The van der Waals surface area contributed by atoms with Crippen LogP contribution in [0, 0.1) is 18.8 Å². The number of phenolic OH excluding ortho intramolecular Hbond substituents is 1. The minimum absolute atomic E-state index is 0.00457. The maximum Gasteiger partial charge on any atom is 0.519 e. The highest BCUT2D eigenvalue weighted by atomic mass is 16.6. The summed E-state index contributed by atoms with van der Waals surface area (Å²) in [5.41, 5.74) is 2.34. The number of likely N-dealkylation sites (N-methyl/N-ethyl adjacent to an activating group) is 1. The summed E-state index contributed by atoms with van der Waals surface area (Å²) in [5, 5.41) is 49.4. The van der Waals surface area contributed by atoms with Crippen molar-refractivity contribution in [3.05, 3.63) is 56.2 Å². The second-order valence-corrected chi connectivity index (χ2v) is 13.6. The summed E-state index contributed by atoms with van der Waals surface area (Å²) in [4.78, 5) is 79.7. The van der Waals surface area contributed by atoms with Crippen LogP contribution >= 0.6 is 0 Å². The van der Waals surface area contributed by atoms with E-state index in [2.05, 4.69) is 5.32 Å². The maximum atomic E-state index is 14.2. The molecule has 1 aromatic heterocycles. The number of nitrogens with two attached hydrogens (primary N) is 1. The van der Waals surface area contributed by atoms with Crippen LogP contribution in [0.4, 0.5) is 16.2 Å². The number of anilines is 2. The number of aromatic hydroxyl groups is 1. The van der Waals surface area contributed by atoms with Crippen molar-refractivity contribution < 1.29 is 58.0 Å². The zero-order chi connectivity index (χ0) is 38.6. The number of hydrogen-bond donors (Lipinski definition) is 6. The standard InChI is InChI=1S/C34H41N5O13/c1-14(12-39(7-8-40)32(47)50-13-21-15(2)51-33(48)52-21)36-19-11-20(37(3)4)17-9-16-10-18-25(38(5)6)28(43)24(31(35)46)30(45)34(18,49)29(44)22(16)27(42)23(17)26(19)41/h8,11,14,16,18,25,36,41-42,45,49H,7,9-10,12-13H2,1-6H3,(H2,35,46)/t14?,16?,18?,25-,34+/m0/s1. The Bertz CT molecular complexity index is 1970. The number of ketones is 2. The van der Waals surface area contributed by atoms with Gasteiger partial charge in [0.15, 0.2) is 29.5 Å². The summed E-state index contributed by atoms with van der Waals surface area (Å²) < 4.78 is 14.8. The lowest BCUT2D eigenvalue weighted by molar-refractivity contribution is -0.153. The van der Waals surface area contributed by atoms with E-state index in [0.717, 1.165) is 4.90 Å². The number of hydrogen-bond acceptors (Lipinski definition) is 16. The number of nitrogens with zero attached hydrogens (tertiary/aromatic N) is 3. The monoisotopic (exact) mass is 727 g/mol. The zero-order valence-electron chi connectivity index (χ0n) is 29.4. The minimum Gasteiger partial charge on any atom is -0.508 e. The first-order valence-electron chi connectivity index (χ1n) is 16.3. The molecule has 0 bridgehead atoms. The molecule has 3 aliphatic carbocycles. The van der Waals surface area contributed by atoms with E-state index < -0.39 is 88.4 Å². The van der Waals surface area contributed by atoms with Gasteiger partial charge in [0.25, 0.3) is 5.91 Å². The van der Waals surface area contributed by atoms with Crippen LogP contribution in [0.2, 0.25) is 0 Å². The van der Waals surface area contributed by atoms with Crippen molar-refractivity contribution in [2.75, 3.05) is 51.5 Å². The smallest absolute Gasteiger partial charge is 0.508 e. The van der Waals surface area contributed by atoms with Gasteiger partial charge in [-0.15, -0.1) is 0 Å². The Labute approximate surface area is 296 Å². The van der Waals surface area contributed by atoms with Crippen LogP contribution in [0.15, 0.2) is 36.6 Å². The number of phenols is 1. The van der Waals surface area contributed by atoms with Crippen LogP contribution in [0.5, 0.6) is 5.75 Å². The fraction of sp³-hybridized carbons (Fsp3) is 0.471.